The van der Waals surface area contributed by atoms with Crippen molar-refractivity contribution in [1.29, 1.82) is 0 Å². The van der Waals surface area contributed by atoms with Crippen molar-refractivity contribution in [2.75, 3.05) is 0 Å². The van der Waals surface area contributed by atoms with Crippen molar-refractivity contribution >= 4 is 6.47 Å². The Bertz CT molecular complexity index is 418. The number of aryl methyl sites for hydroxylation is 1. The molecule has 2 nitrogen and oxygen atoms in total. The van der Waals surface area contributed by atoms with E-state index in [2.05, 4.69) is 55.5 Å². The fourth-order valence-corrected chi connectivity index (χ4v) is 1.38. The zero-order valence-electron chi connectivity index (χ0n) is 9.13. The number of benzene rings is 2. The van der Waals surface area contributed by atoms with Crippen molar-refractivity contribution < 1.29 is 9.90 Å². The molecule has 0 saturated heterocycles. The average molecular weight is 214 g/mol. The van der Waals surface area contributed by atoms with Gasteiger partial charge in [-0.25, -0.2) is 0 Å². The third-order valence-corrected chi connectivity index (χ3v) is 2.16. The molecule has 2 heteroatoms. The highest BCUT2D eigenvalue weighted by atomic mass is 16.3. The Morgan fingerprint density at radius 2 is 1.31 bits per heavy atom. The second-order valence-corrected chi connectivity index (χ2v) is 3.34. The van der Waals surface area contributed by atoms with Gasteiger partial charge in [0.05, 0.1) is 0 Å². The molecule has 1 N–H and O–H groups in total. The quantitative estimate of drug-likeness (QED) is 0.739. The van der Waals surface area contributed by atoms with E-state index in [1.165, 1.54) is 16.7 Å². The lowest BCUT2D eigenvalue weighted by atomic mass is 10.0. The van der Waals surface area contributed by atoms with Crippen LogP contribution < -0.4 is 0 Å². The Morgan fingerprint density at radius 1 is 0.875 bits per heavy atom. The first kappa shape index (κ1) is 12.0. The number of carbonyl (C=O) groups is 1. The van der Waals surface area contributed by atoms with Crippen LogP contribution in [0.2, 0.25) is 0 Å². The molecule has 0 amide bonds. The normalized spacial score (nSPS) is 8.81. The summed E-state index contributed by atoms with van der Waals surface area (Å²) < 4.78 is 0. The Kier molecular flexibility index (Phi) is 4.80. The van der Waals surface area contributed by atoms with Gasteiger partial charge in [0, 0.05) is 0 Å². The van der Waals surface area contributed by atoms with Gasteiger partial charge in [-0.3, -0.25) is 4.79 Å². The van der Waals surface area contributed by atoms with Gasteiger partial charge in [-0.05, 0) is 18.1 Å². The van der Waals surface area contributed by atoms with Gasteiger partial charge >= 0.3 is 0 Å². The molecule has 0 fully saturated rings. The van der Waals surface area contributed by atoms with E-state index >= 15 is 0 Å². The van der Waals surface area contributed by atoms with Crippen LogP contribution >= 0.6 is 0 Å². The van der Waals surface area contributed by atoms with E-state index in [0.29, 0.717) is 0 Å². The number of carboxylic acid groups (broad SMARTS) is 1. The largest absolute Gasteiger partial charge is 0.483 e. The lowest BCUT2D eigenvalue weighted by molar-refractivity contribution is -0.122. The molecule has 16 heavy (non-hydrogen) atoms. The van der Waals surface area contributed by atoms with Gasteiger partial charge in [0.2, 0.25) is 0 Å². The summed E-state index contributed by atoms with van der Waals surface area (Å²) in [6.07, 6.45) is 0. The van der Waals surface area contributed by atoms with E-state index < -0.39 is 0 Å². The SMILES string of the molecule is Cc1ccc(-c2ccccc2)cc1.O=CO. The van der Waals surface area contributed by atoms with Gasteiger partial charge < -0.3 is 5.11 Å². The molecule has 0 aliphatic rings. The van der Waals surface area contributed by atoms with Crippen LogP contribution in [-0.2, 0) is 4.79 Å². The maximum absolute atomic E-state index is 8.36. The maximum Gasteiger partial charge on any atom is 0.290 e. The van der Waals surface area contributed by atoms with Crippen molar-refractivity contribution in [2.45, 2.75) is 6.92 Å². The molecule has 0 radical (unpaired) electrons. The maximum atomic E-state index is 8.36. The first-order valence-electron chi connectivity index (χ1n) is 4.98. The van der Waals surface area contributed by atoms with Crippen LogP contribution in [0.5, 0.6) is 0 Å². The van der Waals surface area contributed by atoms with Crippen molar-refractivity contribution in [3.8, 4) is 11.1 Å². The van der Waals surface area contributed by atoms with Crippen molar-refractivity contribution in [3.63, 3.8) is 0 Å². The molecule has 2 aromatic rings. The molecular formula is C14H14O2. The van der Waals surface area contributed by atoms with E-state index in [1.807, 2.05) is 6.07 Å². The van der Waals surface area contributed by atoms with Gasteiger partial charge in [-0.1, -0.05) is 60.2 Å². The molecule has 2 rings (SSSR count). The van der Waals surface area contributed by atoms with Crippen LogP contribution in [0.4, 0.5) is 0 Å². The number of hydrogen-bond acceptors (Lipinski definition) is 1. The number of hydrogen-bond donors (Lipinski definition) is 1. The molecule has 0 aliphatic carbocycles. The molecule has 0 bridgehead atoms. The number of rotatable bonds is 1. The molecule has 0 saturated carbocycles. The molecule has 0 aliphatic heterocycles. The molecule has 2 aromatic carbocycles. The predicted molar refractivity (Wildman–Crippen MR) is 65.3 cm³/mol. The average Bonchev–Trinajstić information content (AvgIpc) is 2.32. The molecule has 0 aromatic heterocycles. The molecule has 0 spiro atoms. The van der Waals surface area contributed by atoms with Gasteiger partial charge in [0.1, 0.15) is 0 Å². The van der Waals surface area contributed by atoms with Crippen LogP contribution in [0.15, 0.2) is 54.6 Å². The van der Waals surface area contributed by atoms with E-state index in [0.717, 1.165) is 0 Å². The van der Waals surface area contributed by atoms with E-state index in [9.17, 15) is 0 Å². The fourth-order valence-electron chi connectivity index (χ4n) is 1.38. The van der Waals surface area contributed by atoms with Crippen molar-refractivity contribution in [3.05, 3.63) is 60.2 Å². The van der Waals surface area contributed by atoms with Crippen LogP contribution in [-0.4, -0.2) is 11.6 Å². The van der Waals surface area contributed by atoms with E-state index in [-0.39, 0.29) is 6.47 Å². The molecule has 0 heterocycles. The zero-order chi connectivity index (χ0) is 11.8. The minimum atomic E-state index is -0.250. The second kappa shape index (κ2) is 6.40. The predicted octanol–water partition coefficient (Wildman–Crippen LogP) is 3.36. The Labute approximate surface area is 95.2 Å². The minimum absolute atomic E-state index is 0.250. The minimum Gasteiger partial charge on any atom is -0.483 e. The highest BCUT2D eigenvalue weighted by Gasteiger charge is 1.93. The summed E-state index contributed by atoms with van der Waals surface area (Å²) in [5, 5.41) is 6.89. The van der Waals surface area contributed by atoms with Crippen LogP contribution in [0.1, 0.15) is 5.56 Å². The molecule has 0 unspecified atom stereocenters. The topological polar surface area (TPSA) is 37.3 Å². The van der Waals surface area contributed by atoms with Gasteiger partial charge in [0.25, 0.3) is 6.47 Å². The summed E-state index contributed by atoms with van der Waals surface area (Å²) >= 11 is 0. The summed E-state index contributed by atoms with van der Waals surface area (Å²) in [6.45, 7) is 1.86. The summed E-state index contributed by atoms with van der Waals surface area (Å²) in [6, 6.07) is 19.0. The first-order valence-corrected chi connectivity index (χ1v) is 4.98. The second-order valence-electron chi connectivity index (χ2n) is 3.34. The summed E-state index contributed by atoms with van der Waals surface area (Å²) in [5.41, 5.74) is 3.87. The Hall–Kier alpha value is -2.09. The van der Waals surface area contributed by atoms with Gasteiger partial charge in [-0.2, -0.15) is 0 Å². The van der Waals surface area contributed by atoms with Gasteiger partial charge in [-0.15, -0.1) is 0 Å². The fraction of sp³-hybridized carbons (Fsp3) is 0.0714. The van der Waals surface area contributed by atoms with E-state index in [4.69, 9.17) is 9.90 Å². The monoisotopic (exact) mass is 214 g/mol. The Balaban J connectivity index is 0.000000386. The van der Waals surface area contributed by atoms with Gasteiger partial charge in [0.15, 0.2) is 0 Å². The summed E-state index contributed by atoms with van der Waals surface area (Å²) in [4.78, 5) is 8.36. The third-order valence-electron chi connectivity index (χ3n) is 2.16. The van der Waals surface area contributed by atoms with Crippen LogP contribution in [0.3, 0.4) is 0 Å². The third kappa shape index (κ3) is 3.58. The first-order chi connectivity index (χ1) is 7.77. The van der Waals surface area contributed by atoms with Crippen molar-refractivity contribution in [2.24, 2.45) is 0 Å². The summed E-state index contributed by atoms with van der Waals surface area (Å²) in [7, 11) is 0. The Morgan fingerprint density at radius 3 is 1.81 bits per heavy atom. The lowest BCUT2D eigenvalue weighted by Crippen LogP contribution is -1.76. The summed E-state index contributed by atoms with van der Waals surface area (Å²) in [5.74, 6) is 0. The highest BCUT2D eigenvalue weighted by Crippen LogP contribution is 2.18. The van der Waals surface area contributed by atoms with E-state index in [1.54, 1.807) is 0 Å². The zero-order valence-corrected chi connectivity index (χ0v) is 9.13. The smallest absolute Gasteiger partial charge is 0.290 e. The lowest BCUT2D eigenvalue weighted by Gasteiger charge is -2.00. The van der Waals surface area contributed by atoms with Crippen molar-refractivity contribution in [1.82, 2.24) is 0 Å². The van der Waals surface area contributed by atoms with Crippen LogP contribution in [0, 0.1) is 6.92 Å². The molecule has 0 atom stereocenters. The highest BCUT2D eigenvalue weighted by molar-refractivity contribution is 5.63. The van der Waals surface area contributed by atoms with Crippen LogP contribution in [0.25, 0.3) is 11.1 Å². The standard InChI is InChI=1S/C13H12.CH2O2/c1-11-7-9-13(10-8-11)12-5-3-2-4-6-12;2-1-3/h2-10H,1H3;1H,(H,2,3). The molecular weight excluding hydrogens is 200 g/mol. The molecule has 82 valence electrons.